The van der Waals surface area contributed by atoms with Gasteiger partial charge in [-0.2, -0.15) is 0 Å². The fourth-order valence-electron chi connectivity index (χ4n) is 1.99. The Morgan fingerprint density at radius 2 is 1.67 bits per heavy atom. The van der Waals surface area contributed by atoms with E-state index in [0.717, 1.165) is 5.56 Å². The van der Waals surface area contributed by atoms with Crippen LogP contribution in [0.2, 0.25) is 15.1 Å². The molecule has 0 aliphatic heterocycles. The summed E-state index contributed by atoms with van der Waals surface area (Å²) in [6, 6.07) is 11.8. The molecule has 0 saturated carbocycles. The molecule has 7 heteroatoms. The van der Waals surface area contributed by atoms with Gasteiger partial charge in [0.1, 0.15) is 0 Å². The van der Waals surface area contributed by atoms with Crippen molar-refractivity contribution in [3.05, 3.63) is 63.1 Å². The van der Waals surface area contributed by atoms with Gasteiger partial charge in [0.05, 0.1) is 23.0 Å². The lowest BCUT2D eigenvalue weighted by atomic mass is 10.1. The highest BCUT2D eigenvalue weighted by Gasteiger charge is 2.14. The highest BCUT2D eigenvalue weighted by molar-refractivity contribution is 6.42. The molecule has 0 aliphatic rings. The van der Waals surface area contributed by atoms with E-state index in [4.69, 9.17) is 34.8 Å². The van der Waals surface area contributed by atoms with Gasteiger partial charge in [0.25, 0.3) is 0 Å². The average molecular weight is 386 g/mol. The van der Waals surface area contributed by atoms with Gasteiger partial charge in [0, 0.05) is 17.8 Å². The Morgan fingerprint density at radius 1 is 1.00 bits per heavy atom. The lowest BCUT2D eigenvalue weighted by Gasteiger charge is -2.17. The molecule has 2 rings (SSSR count). The van der Waals surface area contributed by atoms with Crippen molar-refractivity contribution in [1.82, 2.24) is 4.90 Å². The largest absolute Gasteiger partial charge is 0.336 e. The average Bonchev–Trinajstić information content (AvgIpc) is 2.53. The third kappa shape index (κ3) is 5.41. The number of halogens is 3. The van der Waals surface area contributed by atoms with Gasteiger partial charge in [0.15, 0.2) is 0 Å². The summed E-state index contributed by atoms with van der Waals surface area (Å²) in [7, 11) is 1.58. The highest BCUT2D eigenvalue weighted by atomic mass is 35.5. The number of carbonyl (C=O) groups excluding carboxylic acids is 2. The Kier molecular flexibility index (Phi) is 6.49. The SMILES string of the molecule is CN(CC(=O)Nc1ccc(Cl)c(Cl)c1)C(=O)Cc1ccc(Cl)cc1. The van der Waals surface area contributed by atoms with Gasteiger partial charge in [-0.05, 0) is 35.9 Å². The van der Waals surface area contributed by atoms with E-state index in [-0.39, 0.29) is 24.8 Å². The second-order valence-corrected chi connectivity index (χ2v) is 6.48. The summed E-state index contributed by atoms with van der Waals surface area (Å²) in [6.07, 6.45) is 0.202. The molecular formula is C17H15Cl3N2O2. The van der Waals surface area contributed by atoms with Crippen LogP contribution in [-0.2, 0) is 16.0 Å². The van der Waals surface area contributed by atoms with Crippen LogP contribution < -0.4 is 5.32 Å². The summed E-state index contributed by atoms with van der Waals surface area (Å²) in [6.45, 7) is -0.0628. The van der Waals surface area contributed by atoms with Crippen molar-refractivity contribution in [3.8, 4) is 0 Å². The second kappa shape index (κ2) is 8.38. The van der Waals surface area contributed by atoms with E-state index in [1.54, 1.807) is 49.5 Å². The molecule has 0 heterocycles. The van der Waals surface area contributed by atoms with Gasteiger partial charge < -0.3 is 10.2 Å². The fraction of sp³-hybridized carbons (Fsp3) is 0.176. The van der Waals surface area contributed by atoms with Crippen molar-refractivity contribution < 1.29 is 9.59 Å². The zero-order valence-corrected chi connectivity index (χ0v) is 15.1. The normalized spacial score (nSPS) is 10.3. The van der Waals surface area contributed by atoms with Crippen LogP contribution in [0.5, 0.6) is 0 Å². The van der Waals surface area contributed by atoms with Gasteiger partial charge >= 0.3 is 0 Å². The van der Waals surface area contributed by atoms with E-state index in [2.05, 4.69) is 5.32 Å². The molecule has 2 amide bonds. The first kappa shape index (κ1) is 18.6. The smallest absolute Gasteiger partial charge is 0.243 e. The number of nitrogens with one attached hydrogen (secondary N) is 1. The first-order chi connectivity index (χ1) is 11.3. The number of anilines is 1. The minimum Gasteiger partial charge on any atom is -0.336 e. The standard InChI is InChI=1S/C17H15Cl3N2O2/c1-22(17(24)8-11-2-4-12(18)5-3-11)10-16(23)21-13-6-7-14(19)15(20)9-13/h2-7,9H,8,10H2,1H3,(H,21,23). The molecule has 0 saturated heterocycles. The van der Waals surface area contributed by atoms with Crippen LogP contribution >= 0.6 is 34.8 Å². The number of rotatable bonds is 5. The van der Waals surface area contributed by atoms with Crippen LogP contribution in [-0.4, -0.2) is 30.3 Å². The van der Waals surface area contributed by atoms with E-state index >= 15 is 0 Å². The molecule has 0 aliphatic carbocycles. The van der Waals surface area contributed by atoms with E-state index in [1.165, 1.54) is 4.90 Å². The molecule has 0 radical (unpaired) electrons. The van der Waals surface area contributed by atoms with Crippen molar-refractivity contribution in [2.24, 2.45) is 0 Å². The van der Waals surface area contributed by atoms with Crippen molar-refractivity contribution in [3.63, 3.8) is 0 Å². The number of benzene rings is 2. The molecule has 0 fully saturated rings. The summed E-state index contributed by atoms with van der Waals surface area (Å²) in [5, 5.41) is 4.04. The van der Waals surface area contributed by atoms with Gasteiger partial charge in [-0.15, -0.1) is 0 Å². The van der Waals surface area contributed by atoms with Gasteiger partial charge in [0.2, 0.25) is 11.8 Å². The minimum atomic E-state index is -0.319. The summed E-state index contributed by atoms with van der Waals surface area (Å²) in [5.41, 5.74) is 1.36. The van der Waals surface area contributed by atoms with Gasteiger partial charge in [-0.3, -0.25) is 9.59 Å². The van der Waals surface area contributed by atoms with Crippen LogP contribution in [0.3, 0.4) is 0 Å². The maximum absolute atomic E-state index is 12.2. The van der Waals surface area contributed by atoms with Crippen LogP contribution in [0.1, 0.15) is 5.56 Å². The topological polar surface area (TPSA) is 49.4 Å². The number of amides is 2. The Hall–Kier alpha value is -1.75. The highest BCUT2D eigenvalue weighted by Crippen LogP contribution is 2.24. The fourth-order valence-corrected chi connectivity index (χ4v) is 2.41. The zero-order chi connectivity index (χ0) is 17.7. The van der Waals surface area contributed by atoms with Gasteiger partial charge in [-0.25, -0.2) is 0 Å². The first-order valence-electron chi connectivity index (χ1n) is 7.08. The Bertz CT molecular complexity index is 748. The molecule has 24 heavy (non-hydrogen) atoms. The quantitative estimate of drug-likeness (QED) is 0.835. The Balaban J connectivity index is 1.89. The number of likely N-dealkylation sites (N-methyl/N-ethyl adjacent to an activating group) is 1. The molecule has 1 N–H and O–H groups in total. The number of hydrogen-bond donors (Lipinski definition) is 1. The molecule has 0 aromatic heterocycles. The number of hydrogen-bond acceptors (Lipinski definition) is 2. The van der Waals surface area contributed by atoms with Crippen LogP contribution in [0.15, 0.2) is 42.5 Å². The predicted molar refractivity (Wildman–Crippen MR) is 97.9 cm³/mol. The minimum absolute atomic E-state index is 0.0628. The maximum Gasteiger partial charge on any atom is 0.243 e. The maximum atomic E-state index is 12.2. The van der Waals surface area contributed by atoms with E-state index in [1.807, 2.05) is 0 Å². The first-order valence-corrected chi connectivity index (χ1v) is 8.22. The molecule has 0 bridgehead atoms. The summed E-state index contributed by atoms with van der Waals surface area (Å²) >= 11 is 17.5. The summed E-state index contributed by atoms with van der Waals surface area (Å²) in [4.78, 5) is 25.5. The van der Waals surface area contributed by atoms with Crippen molar-refractivity contribution in [1.29, 1.82) is 0 Å². The molecule has 0 spiro atoms. The molecule has 126 valence electrons. The lowest BCUT2D eigenvalue weighted by molar-refractivity contribution is -0.132. The van der Waals surface area contributed by atoms with E-state index in [0.29, 0.717) is 20.8 Å². The van der Waals surface area contributed by atoms with E-state index in [9.17, 15) is 9.59 Å². The van der Waals surface area contributed by atoms with Gasteiger partial charge in [-0.1, -0.05) is 46.9 Å². The van der Waals surface area contributed by atoms with Crippen molar-refractivity contribution in [2.75, 3.05) is 18.9 Å². The third-order valence-electron chi connectivity index (χ3n) is 3.28. The van der Waals surface area contributed by atoms with Crippen molar-refractivity contribution in [2.45, 2.75) is 6.42 Å². The lowest BCUT2D eigenvalue weighted by Crippen LogP contribution is -2.35. The molecule has 0 unspecified atom stereocenters. The monoisotopic (exact) mass is 384 g/mol. The number of carbonyl (C=O) groups is 2. The third-order valence-corrected chi connectivity index (χ3v) is 4.27. The molecule has 2 aromatic rings. The van der Waals surface area contributed by atoms with Crippen LogP contribution in [0, 0.1) is 0 Å². The van der Waals surface area contributed by atoms with E-state index < -0.39 is 0 Å². The Morgan fingerprint density at radius 3 is 2.29 bits per heavy atom. The number of nitrogens with zero attached hydrogens (tertiary/aromatic N) is 1. The Labute approximate surface area is 155 Å². The van der Waals surface area contributed by atoms with Crippen LogP contribution in [0.25, 0.3) is 0 Å². The molecular weight excluding hydrogens is 371 g/mol. The second-order valence-electron chi connectivity index (χ2n) is 5.23. The summed E-state index contributed by atoms with van der Waals surface area (Å²) in [5.74, 6) is -0.484. The predicted octanol–water partition coefficient (Wildman–Crippen LogP) is 4.29. The molecule has 0 atom stereocenters. The van der Waals surface area contributed by atoms with Crippen LogP contribution in [0.4, 0.5) is 5.69 Å². The summed E-state index contributed by atoms with van der Waals surface area (Å²) < 4.78 is 0. The molecule has 4 nitrogen and oxygen atoms in total. The van der Waals surface area contributed by atoms with Crippen molar-refractivity contribution >= 4 is 52.3 Å². The zero-order valence-electron chi connectivity index (χ0n) is 12.9. The molecule has 2 aromatic carbocycles.